The van der Waals surface area contributed by atoms with E-state index < -0.39 is 0 Å². The van der Waals surface area contributed by atoms with Gasteiger partial charge >= 0.3 is 0 Å². The summed E-state index contributed by atoms with van der Waals surface area (Å²) in [6.07, 6.45) is 0. The summed E-state index contributed by atoms with van der Waals surface area (Å²) in [5.41, 5.74) is 8.86. The normalized spacial score (nSPS) is 11.6. The van der Waals surface area contributed by atoms with Gasteiger partial charge in [-0.25, -0.2) is 15.0 Å². The summed E-state index contributed by atoms with van der Waals surface area (Å²) in [6.45, 7) is 0. The number of fused-ring (bicyclic) bond motifs is 6. The molecule has 10 aromatic rings. The molecule has 4 nitrogen and oxygen atoms in total. The third-order valence-electron chi connectivity index (χ3n) is 9.45. The van der Waals surface area contributed by atoms with Crippen LogP contribution in [-0.2, 0) is 0 Å². The van der Waals surface area contributed by atoms with E-state index in [1.54, 1.807) is 0 Å². The van der Waals surface area contributed by atoms with Crippen molar-refractivity contribution < 1.29 is 0 Å². The fourth-order valence-corrected chi connectivity index (χ4v) is 8.11. The molecule has 0 saturated heterocycles. The van der Waals surface area contributed by atoms with Gasteiger partial charge in [-0.3, -0.25) is 0 Å². The number of aromatic nitrogens is 4. The lowest BCUT2D eigenvalue weighted by atomic mass is 10.00. The van der Waals surface area contributed by atoms with Crippen LogP contribution in [0.1, 0.15) is 0 Å². The lowest BCUT2D eigenvalue weighted by Gasteiger charge is -2.09. The summed E-state index contributed by atoms with van der Waals surface area (Å²) in [5.74, 6) is 1.99. The number of nitrogens with zero attached hydrogens (tertiary/aromatic N) is 4. The van der Waals surface area contributed by atoms with Gasteiger partial charge in [0.15, 0.2) is 17.5 Å². The second-order valence-electron chi connectivity index (χ2n) is 12.5. The Labute approximate surface area is 292 Å². The molecule has 0 fully saturated rings. The minimum absolute atomic E-state index is 0.662. The third kappa shape index (κ3) is 4.79. The highest BCUT2D eigenvalue weighted by Gasteiger charge is 2.16. The van der Waals surface area contributed by atoms with Crippen LogP contribution in [0.15, 0.2) is 170 Å². The van der Waals surface area contributed by atoms with Crippen LogP contribution in [0, 0.1) is 0 Å². The molecule has 3 aromatic heterocycles. The van der Waals surface area contributed by atoms with Crippen LogP contribution in [0.3, 0.4) is 0 Å². The summed E-state index contributed by atoms with van der Waals surface area (Å²) >= 11 is 1.82. The van der Waals surface area contributed by atoms with Crippen LogP contribution in [0.25, 0.3) is 93.0 Å². The Morgan fingerprint density at radius 2 is 0.800 bits per heavy atom. The molecule has 0 unspecified atom stereocenters. The van der Waals surface area contributed by atoms with Gasteiger partial charge in [-0.2, -0.15) is 0 Å². The molecule has 0 amide bonds. The van der Waals surface area contributed by atoms with Gasteiger partial charge in [-0.15, -0.1) is 11.3 Å². The average molecular weight is 657 g/mol. The molecule has 0 aliphatic rings. The molecule has 7 aromatic carbocycles. The first-order valence-corrected chi connectivity index (χ1v) is 17.5. The maximum Gasteiger partial charge on any atom is 0.164 e. The quantitative estimate of drug-likeness (QED) is 0.185. The van der Waals surface area contributed by atoms with Gasteiger partial charge in [-0.05, 0) is 71.8 Å². The number of hydrogen-bond donors (Lipinski definition) is 0. The minimum atomic E-state index is 0.662. The summed E-state index contributed by atoms with van der Waals surface area (Å²) in [5, 5.41) is 4.94. The van der Waals surface area contributed by atoms with Gasteiger partial charge < -0.3 is 4.57 Å². The van der Waals surface area contributed by atoms with E-state index in [-0.39, 0.29) is 0 Å². The first-order chi connectivity index (χ1) is 24.8. The second kappa shape index (κ2) is 11.6. The van der Waals surface area contributed by atoms with Gasteiger partial charge in [0.2, 0.25) is 0 Å². The van der Waals surface area contributed by atoms with Crippen molar-refractivity contribution in [3.05, 3.63) is 170 Å². The molecule has 0 bridgehead atoms. The largest absolute Gasteiger partial charge is 0.309 e. The SMILES string of the molecule is c1ccc(-c2nc(-c3ccccc3)nc(-c3ccc4sc5ccc(-c6ccc7c(c6)c6ccccc6n7-c6ccccc6)cc5c4c3)n2)cc1. The van der Waals surface area contributed by atoms with E-state index in [0.717, 1.165) is 16.7 Å². The van der Waals surface area contributed by atoms with E-state index in [1.165, 1.54) is 58.8 Å². The van der Waals surface area contributed by atoms with Crippen LogP contribution in [0.5, 0.6) is 0 Å². The Kier molecular flexibility index (Phi) is 6.64. The van der Waals surface area contributed by atoms with Crippen LogP contribution >= 0.6 is 11.3 Å². The Morgan fingerprint density at radius 3 is 1.44 bits per heavy atom. The lowest BCUT2D eigenvalue weighted by Crippen LogP contribution is -2.00. The summed E-state index contributed by atoms with van der Waals surface area (Å²) < 4.78 is 4.86. The predicted molar refractivity (Wildman–Crippen MR) is 209 cm³/mol. The van der Waals surface area contributed by atoms with E-state index in [2.05, 4.69) is 114 Å². The number of benzene rings is 7. The topological polar surface area (TPSA) is 43.6 Å². The lowest BCUT2D eigenvalue weighted by molar-refractivity contribution is 1.07. The fourth-order valence-electron chi connectivity index (χ4n) is 7.04. The van der Waals surface area contributed by atoms with Gasteiger partial charge in [0, 0.05) is 53.3 Å². The number of thiophene rings is 1. The number of para-hydroxylation sites is 2. The van der Waals surface area contributed by atoms with Crippen LogP contribution in [0.4, 0.5) is 0 Å². The van der Waals surface area contributed by atoms with Gasteiger partial charge in [0.25, 0.3) is 0 Å². The van der Waals surface area contributed by atoms with Crippen LogP contribution in [0.2, 0.25) is 0 Å². The molecule has 0 N–H and O–H groups in total. The van der Waals surface area contributed by atoms with Crippen molar-refractivity contribution in [2.45, 2.75) is 0 Å². The predicted octanol–water partition coefficient (Wildman–Crippen LogP) is 12.0. The van der Waals surface area contributed by atoms with E-state index in [0.29, 0.717) is 17.5 Å². The van der Waals surface area contributed by atoms with Crippen molar-refractivity contribution >= 4 is 53.3 Å². The zero-order valence-corrected chi connectivity index (χ0v) is 27.7. The zero-order valence-electron chi connectivity index (χ0n) is 26.9. The van der Waals surface area contributed by atoms with Crippen molar-refractivity contribution in [2.24, 2.45) is 0 Å². The highest BCUT2D eigenvalue weighted by atomic mass is 32.1. The molecule has 0 atom stereocenters. The molecule has 3 heterocycles. The first-order valence-electron chi connectivity index (χ1n) is 16.7. The third-order valence-corrected chi connectivity index (χ3v) is 10.6. The van der Waals surface area contributed by atoms with Crippen molar-refractivity contribution in [2.75, 3.05) is 0 Å². The molecule has 0 aliphatic heterocycles. The fraction of sp³-hybridized carbons (Fsp3) is 0. The number of rotatable bonds is 5. The second-order valence-corrected chi connectivity index (χ2v) is 13.6. The molecule has 0 spiro atoms. The van der Waals surface area contributed by atoms with E-state index in [9.17, 15) is 0 Å². The molecule has 0 saturated carbocycles. The van der Waals surface area contributed by atoms with E-state index in [1.807, 2.05) is 72.0 Å². The van der Waals surface area contributed by atoms with Crippen LogP contribution < -0.4 is 0 Å². The standard InChI is InChI=1S/C45H28N4S/c1-4-12-29(13-5-1)43-46-44(30-14-6-2-7-15-30)48-45(47-43)33-22-25-42-38(28-33)37-27-32(21-24-41(37)50-42)31-20-23-40-36(26-31)35-18-10-11-19-39(35)49(40)34-16-8-3-9-17-34/h1-28H. The maximum absolute atomic E-state index is 4.99. The molecule has 50 heavy (non-hydrogen) atoms. The van der Waals surface area contributed by atoms with Gasteiger partial charge in [0.05, 0.1) is 11.0 Å². The van der Waals surface area contributed by atoms with Crippen molar-refractivity contribution in [3.8, 4) is 51.0 Å². The molecular weight excluding hydrogens is 629 g/mol. The zero-order chi connectivity index (χ0) is 33.0. The van der Waals surface area contributed by atoms with Crippen molar-refractivity contribution in [1.82, 2.24) is 19.5 Å². The Balaban J connectivity index is 1.11. The molecule has 0 aliphatic carbocycles. The smallest absolute Gasteiger partial charge is 0.164 e. The van der Waals surface area contributed by atoms with Crippen LogP contribution in [-0.4, -0.2) is 19.5 Å². The molecule has 10 rings (SSSR count). The first kappa shape index (κ1) is 28.6. The Morgan fingerprint density at radius 1 is 0.340 bits per heavy atom. The Bertz CT molecular complexity index is 2800. The highest BCUT2D eigenvalue weighted by Crippen LogP contribution is 2.40. The summed E-state index contributed by atoms with van der Waals surface area (Å²) in [4.78, 5) is 14.9. The van der Waals surface area contributed by atoms with E-state index >= 15 is 0 Å². The number of hydrogen-bond acceptors (Lipinski definition) is 4. The van der Waals surface area contributed by atoms with Gasteiger partial charge in [0.1, 0.15) is 0 Å². The molecule has 234 valence electrons. The van der Waals surface area contributed by atoms with Crippen molar-refractivity contribution in [3.63, 3.8) is 0 Å². The molecular formula is C45H28N4S. The van der Waals surface area contributed by atoms with Gasteiger partial charge in [-0.1, -0.05) is 109 Å². The Hall–Kier alpha value is -6.43. The molecule has 0 radical (unpaired) electrons. The maximum atomic E-state index is 4.99. The minimum Gasteiger partial charge on any atom is -0.309 e. The summed E-state index contributed by atoms with van der Waals surface area (Å²) in [6, 6.07) is 59.8. The van der Waals surface area contributed by atoms with E-state index in [4.69, 9.17) is 15.0 Å². The molecule has 5 heteroatoms. The average Bonchev–Trinajstić information content (AvgIpc) is 3.73. The highest BCUT2D eigenvalue weighted by molar-refractivity contribution is 7.25. The monoisotopic (exact) mass is 656 g/mol. The summed E-state index contributed by atoms with van der Waals surface area (Å²) in [7, 11) is 0. The van der Waals surface area contributed by atoms with Crippen molar-refractivity contribution in [1.29, 1.82) is 0 Å².